The average molecular weight is 413 g/mol. The SMILES string of the molecule is Cc1cc(C(=O)N2CCN(Cc3nc(-c4ccsc4)no3)CC2)ccc1[N+](=O)[O-]. The van der Waals surface area contributed by atoms with Crippen molar-refractivity contribution in [2.75, 3.05) is 26.2 Å². The average Bonchev–Trinajstić information content (AvgIpc) is 3.39. The van der Waals surface area contributed by atoms with E-state index in [9.17, 15) is 14.9 Å². The molecule has 1 amide bonds. The van der Waals surface area contributed by atoms with Gasteiger partial charge in [-0.3, -0.25) is 19.8 Å². The van der Waals surface area contributed by atoms with Crippen LogP contribution in [0.3, 0.4) is 0 Å². The van der Waals surface area contributed by atoms with Gasteiger partial charge in [-0.15, -0.1) is 0 Å². The minimum Gasteiger partial charge on any atom is -0.338 e. The van der Waals surface area contributed by atoms with Gasteiger partial charge < -0.3 is 9.42 Å². The molecule has 1 aliphatic rings. The Morgan fingerprint density at radius 3 is 2.72 bits per heavy atom. The number of amides is 1. The lowest BCUT2D eigenvalue weighted by Crippen LogP contribution is -2.48. The summed E-state index contributed by atoms with van der Waals surface area (Å²) in [6.45, 7) is 4.69. The second kappa shape index (κ2) is 8.10. The van der Waals surface area contributed by atoms with Gasteiger partial charge in [-0.05, 0) is 30.5 Å². The molecule has 0 atom stereocenters. The lowest BCUT2D eigenvalue weighted by Gasteiger charge is -2.34. The van der Waals surface area contributed by atoms with Crippen LogP contribution in [0.25, 0.3) is 11.4 Å². The molecule has 2 aromatic heterocycles. The van der Waals surface area contributed by atoms with Crippen LogP contribution in [0.1, 0.15) is 21.8 Å². The molecule has 29 heavy (non-hydrogen) atoms. The van der Waals surface area contributed by atoms with Crippen LogP contribution in [0.4, 0.5) is 5.69 Å². The number of thiophene rings is 1. The summed E-state index contributed by atoms with van der Waals surface area (Å²) in [4.78, 5) is 31.6. The summed E-state index contributed by atoms with van der Waals surface area (Å²) in [5, 5.41) is 18.9. The number of benzene rings is 1. The molecule has 0 bridgehead atoms. The molecule has 3 heterocycles. The molecule has 0 radical (unpaired) electrons. The number of carbonyl (C=O) groups is 1. The lowest BCUT2D eigenvalue weighted by molar-refractivity contribution is -0.385. The second-order valence-corrected chi connectivity index (χ2v) is 7.63. The Balaban J connectivity index is 1.34. The quantitative estimate of drug-likeness (QED) is 0.468. The van der Waals surface area contributed by atoms with Crippen molar-refractivity contribution in [2.45, 2.75) is 13.5 Å². The Kier molecular flexibility index (Phi) is 5.36. The molecule has 0 spiro atoms. The van der Waals surface area contributed by atoms with E-state index in [1.807, 2.05) is 16.8 Å². The number of hydrogen-bond donors (Lipinski definition) is 0. The Bertz CT molecular complexity index is 1030. The number of hydrogen-bond acceptors (Lipinski definition) is 8. The van der Waals surface area contributed by atoms with Crippen molar-refractivity contribution >= 4 is 22.9 Å². The first kappa shape index (κ1) is 19.2. The molecule has 0 unspecified atom stereocenters. The molecule has 150 valence electrons. The van der Waals surface area contributed by atoms with Crippen molar-refractivity contribution in [2.24, 2.45) is 0 Å². The molecule has 0 aliphatic carbocycles. The standard InChI is InChI=1S/C19H19N5O4S/c1-13-10-14(2-3-16(13)24(26)27)19(25)23-7-5-22(6-8-23)11-17-20-18(21-28-17)15-4-9-29-12-15/h2-4,9-10,12H,5-8,11H2,1H3. The Morgan fingerprint density at radius 1 is 1.28 bits per heavy atom. The molecule has 0 N–H and O–H groups in total. The molecular formula is C19H19N5O4S. The predicted octanol–water partition coefficient (Wildman–Crippen LogP) is 2.97. The van der Waals surface area contributed by atoms with Crippen molar-refractivity contribution in [1.29, 1.82) is 0 Å². The minimum absolute atomic E-state index is 0.0211. The second-order valence-electron chi connectivity index (χ2n) is 6.85. The van der Waals surface area contributed by atoms with Crippen LogP contribution in [-0.4, -0.2) is 56.9 Å². The van der Waals surface area contributed by atoms with E-state index in [2.05, 4.69) is 15.0 Å². The number of piperazine rings is 1. The van der Waals surface area contributed by atoms with Gasteiger partial charge in [0.15, 0.2) is 0 Å². The Morgan fingerprint density at radius 2 is 2.07 bits per heavy atom. The minimum atomic E-state index is -0.441. The Hall–Kier alpha value is -3.11. The summed E-state index contributed by atoms with van der Waals surface area (Å²) in [5.41, 5.74) is 1.92. The smallest absolute Gasteiger partial charge is 0.272 e. The highest BCUT2D eigenvalue weighted by Crippen LogP contribution is 2.21. The summed E-state index contributed by atoms with van der Waals surface area (Å²) < 4.78 is 5.34. The van der Waals surface area contributed by atoms with Crippen LogP contribution in [-0.2, 0) is 6.54 Å². The maximum absolute atomic E-state index is 12.7. The number of carbonyl (C=O) groups excluding carboxylic acids is 1. The van der Waals surface area contributed by atoms with Crippen molar-refractivity contribution in [3.63, 3.8) is 0 Å². The highest BCUT2D eigenvalue weighted by molar-refractivity contribution is 7.08. The van der Waals surface area contributed by atoms with E-state index in [0.29, 0.717) is 55.6 Å². The van der Waals surface area contributed by atoms with Crippen LogP contribution >= 0.6 is 11.3 Å². The summed E-state index contributed by atoms with van der Waals surface area (Å²) >= 11 is 1.58. The van der Waals surface area contributed by atoms with Crippen molar-refractivity contribution in [3.05, 3.63) is 62.2 Å². The highest BCUT2D eigenvalue weighted by atomic mass is 32.1. The lowest BCUT2D eigenvalue weighted by atomic mass is 10.1. The molecule has 0 saturated carbocycles. The third-order valence-electron chi connectivity index (χ3n) is 4.91. The highest BCUT2D eigenvalue weighted by Gasteiger charge is 2.24. The number of nitro benzene ring substituents is 1. The number of nitrogens with zero attached hydrogens (tertiary/aromatic N) is 5. The maximum atomic E-state index is 12.7. The number of nitro groups is 1. The monoisotopic (exact) mass is 413 g/mol. The first-order valence-corrected chi connectivity index (χ1v) is 10.1. The Labute approximate surface area is 170 Å². The molecule has 9 nitrogen and oxygen atoms in total. The third kappa shape index (κ3) is 4.17. The molecule has 1 aliphatic heterocycles. The van der Waals surface area contributed by atoms with E-state index in [1.54, 1.807) is 29.2 Å². The normalized spacial score (nSPS) is 14.9. The van der Waals surface area contributed by atoms with Crippen molar-refractivity contribution in [3.8, 4) is 11.4 Å². The van der Waals surface area contributed by atoms with Crippen LogP contribution in [0.15, 0.2) is 39.5 Å². The molecule has 1 saturated heterocycles. The van der Waals surface area contributed by atoms with E-state index in [0.717, 1.165) is 5.56 Å². The van der Waals surface area contributed by atoms with Gasteiger partial charge in [-0.1, -0.05) is 5.16 Å². The zero-order chi connectivity index (χ0) is 20.4. The molecular weight excluding hydrogens is 394 g/mol. The predicted molar refractivity (Wildman–Crippen MR) is 107 cm³/mol. The van der Waals surface area contributed by atoms with Gasteiger partial charge in [0.2, 0.25) is 11.7 Å². The van der Waals surface area contributed by atoms with Crippen LogP contribution in [0.2, 0.25) is 0 Å². The fraction of sp³-hybridized carbons (Fsp3) is 0.316. The zero-order valence-electron chi connectivity index (χ0n) is 15.8. The van der Waals surface area contributed by atoms with E-state index in [-0.39, 0.29) is 11.6 Å². The molecule has 3 aromatic rings. The van der Waals surface area contributed by atoms with Crippen molar-refractivity contribution < 1.29 is 14.2 Å². The number of rotatable bonds is 5. The largest absolute Gasteiger partial charge is 0.338 e. The first-order valence-electron chi connectivity index (χ1n) is 9.13. The topological polar surface area (TPSA) is 106 Å². The van der Waals surface area contributed by atoms with Crippen LogP contribution in [0.5, 0.6) is 0 Å². The summed E-state index contributed by atoms with van der Waals surface area (Å²) in [6.07, 6.45) is 0. The molecule has 1 fully saturated rings. The van der Waals surface area contributed by atoms with Crippen LogP contribution < -0.4 is 0 Å². The zero-order valence-corrected chi connectivity index (χ0v) is 16.6. The fourth-order valence-corrected chi connectivity index (χ4v) is 3.94. The van der Waals surface area contributed by atoms with Gasteiger partial charge in [0.05, 0.1) is 11.5 Å². The summed E-state index contributed by atoms with van der Waals surface area (Å²) in [5.74, 6) is 1.03. The van der Waals surface area contributed by atoms with Gasteiger partial charge in [0, 0.05) is 54.3 Å². The summed E-state index contributed by atoms with van der Waals surface area (Å²) in [7, 11) is 0. The van der Waals surface area contributed by atoms with Gasteiger partial charge >= 0.3 is 0 Å². The third-order valence-corrected chi connectivity index (χ3v) is 5.59. The molecule has 10 heteroatoms. The van der Waals surface area contributed by atoms with Gasteiger partial charge in [-0.2, -0.15) is 16.3 Å². The number of aryl methyl sites for hydroxylation is 1. The first-order chi connectivity index (χ1) is 14.0. The van der Waals surface area contributed by atoms with E-state index >= 15 is 0 Å². The summed E-state index contributed by atoms with van der Waals surface area (Å²) in [6, 6.07) is 6.44. The van der Waals surface area contributed by atoms with Crippen molar-refractivity contribution in [1.82, 2.24) is 19.9 Å². The molecule has 4 rings (SSSR count). The van der Waals surface area contributed by atoms with E-state index in [4.69, 9.17) is 4.52 Å². The van der Waals surface area contributed by atoms with Crippen LogP contribution in [0, 0.1) is 17.0 Å². The fourth-order valence-electron chi connectivity index (χ4n) is 3.30. The van der Waals surface area contributed by atoms with Gasteiger partial charge in [-0.25, -0.2) is 0 Å². The van der Waals surface area contributed by atoms with E-state index < -0.39 is 4.92 Å². The van der Waals surface area contributed by atoms with Gasteiger partial charge in [0.1, 0.15) is 0 Å². The molecule has 1 aromatic carbocycles. The number of aromatic nitrogens is 2. The van der Waals surface area contributed by atoms with E-state index in [1.165, 1.54) is 12.1 Å². The maximum Gasteiger partial charge on any atom is 0.272 e. The van der Waals surface area contributed by atoms with Gasteiger partial charge in [0.25, 0.3) is 11.6 Å².